The lowest BCUT2D eigenvalue weighted by molar-refractivity contribution is 0.330. The lowest BCUT2D eigenvalue weighted by Crippen LogP contribution is -2.23. The van der Waals surface area contributed by atoms with Crippen LogP contribution in [0, 0.1) is 12.8 Å². The van der Waals surface area contributed by atoms with Crippen LogP contribution in [0.15, 0.2) is 24.3 Å². The fraction of sp³-hybridized carbons (Fsp3) is 0.571. The predicted octanol–water partition coefficient (Wildman–Crippen LogP) is 3.30. The molecule has 84 valence electrons. The van der Waals surface area contributed by atoms with Crippen LogP contribution < -0.4 is 0 Å². The van der Waals surface area contributed by atoms with Gasteiger partial charge in [-0.25, -0.2) is 0 Å². The average Bonchev–Trinajstić information content (AvgIpc) is 2.13. The summed E-state index contributed by atoms with van der Waals surface area (Å²) in [5.74, 6) is 1.33. The van der Waals surface area contributed by atoms with E-state index >= 15 is 0 Å². The van der Waals surface area contributed by atoms with Crippen molar-refractivity contribution in [3.63, 3.8) is 0 Å². The van der Waals surface area contributed by atoms with E-state index in [9.17, 15) is 0 Å². The van der Waals surface area contributed by atoms with Gasteiger partial charge in [0.05, 0.1) is 0 Å². The van der Waals surface area contributed by atoms with Gasteiger partial charge in [0.2, 0.25) is 0 Å². The molecule has 1 rings (SSSR count). The van der Waals surface area contributed by atoms with Crippen molar-refractivity contribution in [1.29, 1.82) is 0 Å². The molecule has 0 aliphatic rings. The third-order valence-corrected chi connectivity index (χ3v) is 2.84. The SMILES string of the molecule is Cc1cccc(C(CN(C)C)C(C)C)c1. The molecular formula is C14H23N. The average molecular weight is 205 g/mol. The standard InChI is InChI=1S/C14H23N/c1-11(2)14(10-15(4)5)13-8-6-7-12(3)9-13/h6-9,11,14H,10H2,1-5H3. The fourth-order valence-electron chi connectivity index (χ4n) is 2.00. The van der Waals surface area contributed by atoms with Gasteiger partial charge in [-0.2, -0.15) is 0 Å². The van der Waals surface area contributed by atoms with Crippen molar-refractivity contribution in [3.05, 3.63) is 35.4 Å². The van der Waals surface area contributed by atoms with Crippen molar-refractivity contribution in [1.82, 2.24) is 4.90 Å². The molecule has 1 atom stereocenters. The van der Waals surface area contributed by atoms with Crippen LogP contribution in [-0.2, 0) is 0 Å². The monoisotopic (exact) mass is 205 g/mol. The summed E-state index contributed by atoms with van der Waals surface area (Å²) in [4.78, 5) is 2.27. The van der Waals surface area contributed by atoms with E-state index in [1.54, 1.807) is 0 Å². The fourth-order valence-corrected chi connectivity index (χ4v) is 2.00. The van der Waals surface area contributed by atoms with Crippen LogP contribution in [0.4, 0.5) is 0 Å². The Morgan fingerprint density at radius 2 is 1.87 bits per heavy atom. The zero-order chi connectivity index (χ0) is 11.4. The third-order valence-electron chi connectivity index (χ3n) is 2.84. The molecule has 0 amide bonds. The first-order chi connectivity index (χ1) is 7.00. The molecule has 0 fully saturated rings. The molecule has 0 radical (unpaired) electrons. The van der Waals surface area contributed by atoms with E-state index in [2.05, 4.69) is 64.0 Å². The minimum Gasteiger partial charge on any atom is -0.309 e. The number of aryl methyl sites for hydroxylation is 1. The molecular weight excluding hydrogens is 182 g/mol. The molecule has 0 aromatic heterocycles. The second kappa shape index (κ2) is 5.32. The Morgan fingerprint density at radius 3 is 2.33 bits per heavy atom. The Morgan fingerprint density at radius 1 is 1.20 bits per heavy atom. The maximum Gasteiger partial charge on any atom is 0.00466 e. The smallest absolute Gasteiger partial charge is 0.00466 e. The van der Waals surface area contributed by atoms with E-state index in [0.717, 1.165) is 6.54 Å². The van der Waals surface area contributed by atoms with E-state index in [4.69, 9.17) is 0 Å². The Kier molecular flexibility index (Phi) is 4.34. The number of likely N-dealkylation sites (N-methyl/N-ethyl adjacent to an activating group) is 1. The summed E-state index contributed by atoms with van der Waals surface area (Å²) in [6, 6.07) is 8.89. The van der Waals surface area contributed by atoms with Crippen molar-refractivity contribution in [2.24, 2.45) is 5.92 Å². The highest BCUT2D eigenvalue weighted by Gasteiger charge is 2.16. The Bertz CT molecular complexity index is 302. The molecule has 1 aromatic carbocycles. The predicted molar refractivity (Wildman–Crippen MR) is 67.3 cm³/mol. The summed E-state index contributed by atoms with van der Waals surface area (Å²) in [6.07, 6.45) is 0. The zero-order valence-corrected chi connectivity index (χ0v) is 10.6. The van der Waals surface area contributed by atoms with Crippen molar-refractivity contribution in [2.75, 3.05) is 20.6 Å². The summed E-state index contributed by atoms with van der Waals surface area (Å²) in [7, 11) is 4.29. The van der Waals surface area contributed by atoms with Crippen molar-refractivity contribution < 1.29 is 0 Å². The van der Waals surface area contributed by atoms with Gasteiger partial charge in [0.1, 0.15) is 0 Å². The maximum absolute atomic E-state index is 2.31. The van der Waals surface area contributed by atoms with E-state index in [1.807, 2.05) is 0 Å². The summed E-state index contributed by atoms with van der Waals surface area (Å²) < 4.78 is 0. The number of hydrogen-bond acceptors (Lipinski definition) is 1. The summed E-state index contributed by atoms with van der Waals surface area (Å²) in [5.41, 5.74) is 2.83. The molecule has 0 bridgehead atoms. The highest BCUT2D eigenvalue weighted by atomic mass is 15.1. The minimum absolute atomic E-state index is 0.639. The van der Waals surface area contributed by atoms with Crippen LogP contribution in [0.2, 0.25) is 0 Å². The van der Waals surface area contributed by atoms with Crippen LogP contribution in [0.3, 0.4) is 0 Å². The van der Waals surface area contributed by atoms with Crippen LogP contribution in [0.25, 0.3) is 0 Å². The van der Waals surface area contributed by atoms with E-state index in [-0.39, 0.29) is 0 Å². The molecule has 1 aromatic rings. The lowest BCUT2D eigenvalue weighted by Gasteiger charge is -2.25. The molecule has 0 heterocycles. The number of nitrogens with zero attached hydrogens (tertiary/aromatic N) is 1. The Labute approximate surface area is 94.1 Å². The Balaban J connectivity index is 2.88. The van der Waals surface area contributed by atoms with Gasteiger partial charge in [-0.3, -0.25) is 0 Å². The quantitative estimate of drug-likeness (QED) is 0.729. The van der Waals surface area contributed by atoms with Crippen LogP contribution >= 0.6 is 0 Å². The number of rotatable bonds is 4. The van der Waals surface area contributed by atoms with E-state index in [1.165, 1.54) is 11.1 Å². The molecule has 15 heavy (non-hydrogen) atoms. The molecule has 0 spiro atoms. The van der Waals surface area contributed by atoms with Gasteiger partial charge in [0.15, 0.2) is 0 Å². The summed E-state index contributed by atoms with van der Waals surface area (Å²) in [6.45, 7) is 7.89. The van der Waals surface area contributed by atoms with Crippen LogP contribution in [0.1, 0.15) is 30.9 Å². The molecule has 0 aliphatic carbocycles. The summed E-state index contributed by atoms with van der Waals surface area (Å²) >= 11 is 0. The van der Waals surface area contributed by atoms with Gasteiger partial charge in [-0.05, 0) is 38.4 Å². The summed E-state index contributed by atoms with van der Waals surface area (Å²) in [5, 5.41) is 0. The van der Waals surface area contributed by atoms with Crippen LogP contribution in [0.5, 0.6) is 0 Å². The second-order valence-corrected chi connectivity index (χ2v) is 5.03. The van der Waals surface area contributed by atoms with E-state index in [0.29, 0.717) is 11.8 Å². The van der Waals surface area contributed by atoms with Crippen molar-refractivity contribution >= 4 is 0 Å². The van der Waals surface area contributed by atoms with Gasteiger partial charge in [0.25, 0.3) is 0 Å². The molecule has 1 nitrogen and oxygen atoms in total. The number of benzene rings is 1. The first kappa shape index (κ1) is 12.3. The van der Waals surface area contributed by atoms with E-state index < -0.39 is 0 Å². The minimum atomic E-state index is 0.639. The molecule has 1 unspecified atom stereocenters. The molecule has 0 N–H and O–H groups in total. The van der Waals surface area contributed by atoms with Crippen molar-refractivity contribution in [2.45, 2.75) is 26.7 Å². The lowest BCUT2D eigenvalue weighted by atomic mass is 9.87. The van der Waals surface area contributed by atoms with Gasteiger partial charge in [-0.1, -0.05) is 43.7 Å². The highest BCUT2D eigenvalue weighted by molar-refractivity contribution is 5.26. The molecule has 0 saturated carbocycles. The molecule has 0 saturated heterocycles. The zero-order valence-electron chi connectivity index (χ0n) is 10.6. The maximum atomic E-state index is 2.31. The highest BCUT2D eigenvalue weighted by Crippen LogP contribution is 2.25. The van der Waals surface area contributed by atoms with Gasteiger partial charge >= 0.3 is 0 Å². The van der Waals surface area contributed by atoms with Crippen LogP contribution in [-0.4, -0.2) is 25.5 Å². The molecule has 1 heteroatoms. The first-order valence-electron chi connectivity index (χ1n) is 5.72. The largest absolute Gasteiger partial charge is 0.309 e. The second-order valence-electron chi connectivity index (χ2n) is 5.03. The normalized spacial score (nSPS) is 13.5. The topological polar surface area (TPSA) is 3.24 Å². The Hall–Kier alpha value is -0.820. The first-order valence-corrected chi connectivity index (χ1v) is 5.72. The van der Waals surface area contributed by atoms with Gasteiger partial charge in [0, 0.05) is 6.54 Å². The molecule has 0 aliphatic heterocycles. The van der Waals surface area contributed by atoms with Gasteiger partial charge < -0.3 is 4.90 Å². The number of hydrogen-bond donors (Lipinski definition) is 0. The third kappa shape index (κ3) is 3.67. The van der Waals surface area contributed by atoms with Gasteiger partial charge in [-0.15, -0.1) is 0 Å². The van der Waals surface area contributed by atoms with Crippen molar-refractivity contribution in [3.8, 4) is 0 Å².